The maximum absolute atomic E-state index is 9.89. The van der Waals surface area contributed by atoms with Crippen LogP contribution in [0.3, 0.4) is 0 Å². The molecule has 8 aromatic rings. The summed E-state index contributed by atoms with van der Waals surface area (Å²) in [6, 6.07) is 50.2. The zero-order chi connectivity index (χ0) is 28.2. The summed E-state index contributed by atoms with van der Waals surface area (Å²) in [5.41, 5.74) is 9.37. The molecule has 0 N–H and O–H groups in total. The van der Waals surface area contributed by atoms with Crippen molar-refractivity contribution in [2.45, 2.75) is 0 Å². The Labute approximate surface area is 242 Å². The van der Waals surface area contributed by atoms with Crippen LogP contribution in [0.1, 0.15) is 11.1 Å². The molecule has 0 atom stereocenters. The summed E-state index contributed by atoms with van der Waals surface area (Å²) in [7, 11) is 0. The van der Waals surface area contributed by atoms with Crippen molar-refractivity contribution in [3.05, 3.63) is 145 Å². The molecule has 6 aromatic carbocycles. The number of hydrogen-bond acceptors (Lipinski definition) is 2. The molecule has 4 nitrogen and oxygen atoms in total. The predicted molar refractivity (Wildman–Crippen MR) is 170 cm³/mol. The zero-order valence-corrected chi connectivity index (χ0v) is 22.5. The van der Waals surface area contributed by atoms with Gasteiger partial charge in [0, 0.05) is 32.9 Å². The van der Waals surface area contributed by atoms with Crippen molar-refractivity contribution in [3.8, 4) is 34.6 Å². The fourth-order valence-corrected chi connectivity index (χ4v) is 6.38. The summed E-state index contributed by atoms with van der Waals surface area (Å²) in [5.74, 6) is 0. The van der Waals surface area contributed by atoms with Crippen molar-refractivity contribution < 1.29 is 0 Å². The average molecular weight is 535 g/mol. The van der Waals surface area contributed by atoms with Crippen LogP contribution in [0.25, 0.3) is 66.1 Å². The molecule has 194 valence electrons. The van der Waals surface area contributed by atoms with Gasteiger partial charge >= 0.3 is 0 Å². The van der Waals surface area contributed by atoms with Crippen molar-refractivity contribution in [1.29, 1.82) is 10.5 Å². The van der Waals surface area contributed by atoms with E-state index < -0.39 is 0 Å². The molecule has 0 aliphatic carbocycles. The second-order valence-electron chi connectivity index (χ2n) is 10.4. The zero-order valence-electron chi connectivity index (χ0n) is 22.5. The van der Waals surface area contributed by atoms with Gasteiger partial charge in [0.15, 0.2) is 0 Å². The van der Waals surface area contributed by atoms with E-state index in [0.29, 0.717) is 11.1 Å². The van der Waals surface area contributed by atoms with Gasteiger partial charge in [0.1, 0.15) is 0 Å². The summed E-state index contributed by atoms with van der Waals surface area (Å²) in [6.45, 7) is 0. The highest BCUT2D eigenvalue weighted by Gasteiger charge is 2.21. The third-order valence-electron chi connectivity index (χ3n) is 8.17. The van der Waals surface area contributed by atoms with Gasteiger partial charge in [-0.2, -0.15) is 10.5 Å². The van der Waals surface area contributed by atoms with Crippen LogP contribution in [0.15, 0.2) is 133 Å². The standard InChI is InChI=1S/C38H22N4/c39-23-25-17-18-30(27(21-25)24-40)26-9-8-12-29(22-26)42-36-16-7-5-14-32(36)34-20-19-33-31-13-4-6-15-35(31)41(37(33)38(34)42)28-10-2-1-3-11-28/h1-22H. The highest BCUT2D eigenvalue weighted by atomic mass is 15.0. The van der Waals surface area contributed by atoms with Crippen molar-refractivity contribution >= 4 is 43.6 Å². The van der Waals surface area contributed by atoms with Gasteiger partial charge in [-0.1, -0.05) is 84.9 Å². The fraction of sp³-hybridized carbons (Fsp3) is 0. The van der Waals surface area contributed by atoms with E-state index in [0.717, 1.165) is 44.6 Å². The first-order chi connectivity index (χ1) is 20.8. The predicted octanol–water partition coefficient (Wildman–Crippen LogP) is 9.29. The molecule has 8 rings (SSSR count). The molecule has 0 radical (unpaired) electrons. The first kappa shape index (κ1) is 23.8. The minimum Gasteiger partial charge on any atom is -0.307 e. The number of nitrogens with zero attached hydrogens (tertiary/aromatic N) is 4. The van der Waals surface area contributed by atoms with Crippen LogP contribution in [-0.2, 0) is 0 Å². The maximum Gasteiger partial charge on any atom is 0.0998 e. The van der Waals surface area contributed by atoms with Gasteiger partial charge < -0.3 is 9.13 Å². The molecule has 0 unspecified atom stereocenters. The molecule has 2 aromatic heterocycles. The van der Waals surface area contributed by atoms with Crippen LogP contribution >= 0.6 is 0 Å². The molecule has 42 heavy (non-hydrogen) atoms. The number of hydrogen-bond donors (Lipinski definition) is 0. The molecule has 2 heterocycles. The van der Waals surface area contributed by atoms with E-state index in [1.54, 1.807) is 12.1 Å². The number of nitriles is 2. The molecule has 0 bridgehead atoms. The van der Waals surface area contributed by atoms with Crippen molar-refractivity contribution in [3.63, 3.8) is 0 Å². The molecule has 0 saturated heterocycles. The molecule has 0 spiro atoms. The Bertz CT molecular complexity index is 2430. The van der Waals surface area contributed by atoms with Crippen LogP contribution in [0.2, 0.25) is 0 Å². The van der Waals surface area contributed by atoms with Gasteiger partial charge in [0.05, 0.1) is 45.3 Å². The smallest absolute Gasteiger partial charge is 0.0998 e. The molecule has 4 heteroatoms. The lowest BCUT2D eigenvalue weighted by atomic mass is 9.98. The number of benzene rings is 6. The third kappa shape index (κ3) is 3.40. The lowest BCUT2D eigenvalue weighted by Gasteiger charge is -2.14. The van der Waals surface area contributed by atoms with E-state index in [2.05, 4.69) is 118 Å². The van der Waals surface area contributed by atoms with Gasteiger partial charge in [-0.3, -0.25) is 0 Å². The summed E-state index contributed by atoms with van der Waals surface area (Å²) in [6.07, 6.45) is 0. The van der Waals surface area contributed by atoms with E-state index in [4.69, 9.17) is 0 Å². The average Bonchev–Trinajstić information content (AvgIpc) is 3.58. The minimum absolute atomic E-state index is 0.477. The van der Waals surface area contributed by atoms with Crippen LogP contribution in [-0.4, -0.2) is 9.13 Å². The summed E-state index contributed by atoms with van der Waals surface area (Å²) < 4.78 is 4.73. The van der Waals surface area contributed by atoms with E-state index in [-0.39, 0.29) is 0 Å². The second-order valence-corrected chi connectivity index (χ2v) is 10.4. The van der Waals surface area contributed by atoms with Crippen molar-refractivity contribution in [2.75, 3.05) is 0 Å². The van der Waals surface area contributed by atoms with Crippen molar-refractivity contribution in [2.24, 2.45) is 0 Å². The Hall–Kier alpha value is -6.10. The Morgan fingerprint density at radius 2 is 1.05 bits per heavy atom. The normalized spacial score (nSPS) is 11.3. The molecule has 0 amide bonds. The third-order valence-corrected chi connectivity index (χ3v) is 8.17. The van der Waals surface area contributed by atoms with E-state index in [1.807, 2.05) is 24.3 Å². The molecule has 0 saturated carbocycles. The number of rotatable bonds is 3. The summed E-state index contributed by atoms with van der Waals surface area (Å²) >= 11 is 0. The SMILES string of the molecule is N#Cc1ccc(-c2cccc(-n3c4ccccc4c4ccc5c6ccccc6n(-c6ccccc6)c5c43)c2)c(C#N)c1. The number of fused-ring (bicyclic) bond motifs is 7. The van der Waals surface area contributed by atoms with E-state index in [1.165, 1.54) is 21.5 Å². The Balaban J connectivity index is 1.52. The quantitative estimate of drug-likeness (QED) is 0.227. The van der Waals surface area contributed by atoms with Crippen LogP contribution < -0.4 is 0 Å². The molecule has 0 aliphatic rings. The van der Waals surface area contributed by atoms with Gasteiger partial charge in [0.25, 0.3) is 0 Å². The fourth-order valence-electron chi connectivity index (χ4n) is 6.38. The Morgan fingerprint density at radius 3 is 1.69 bits per heavy atom. The summed E-state index contributed by atoms with van der Waals surface area (Å²) in [5, 5.41) is 24.0. The minimum atomic E-state index is 0.477. The van der Waals surface area contributed by atoms with Gasteiger partial charge in [-0.25, -0.2) is 0 Å². The lowest BCUT2D eigenvalue weighted by Crippen LogP contribution is -1.99. The van der Waals surface area contributed by atoms with Crippen molar-refractivity contribution in [1.82, 2.24) is 9.13 Å². The molecule has 0 aliphatic heterocycles. The Kier molecular flexibility index (Phi) is 5.22. The second kappa shape index (κ2) is 9.24. The largest absolute Gasteiger partial charge is 0.307 e. The molecular formula is C38H22N4. The first-order valence-corrected chi connectivity index (χ1v) is 13.8. The lowest BCUT2D eigenvalue weighted by molar-refractivity contribution is 1.15. The highest BCUT2D eigenvalue weighted by molar-refractivity contribution is 6.23. The summed E-state index contributed by atoms with van der Waals surface area (Å²) in [4.78, 5) is 0. The van der Waals surface area contributed by atoms with E-state index >= 15 is 0 Å². The van der Waals surface area contributed by atoms with Crippen LogP contribution in [0.5, 0.6) is 0 Å². The monoisotopic (exact) mass is 534 g/mol. The van der Waals surface area contributed by atoms with Crippen LogP contribution in [0.4, 0.5) is 0 Å². The van der Waals surface area contributed by atoms with Gasteiger partial charge in [0.2, 0.25) is 0 Å². The topological polar surface area (TPSA) is 57.4 Å². The maximum atomic E-state index is 9.89. The van der Waals surface area contributed by atoms with Crippen LogP contribution in [0, 0.1) is 22.7 Å². The highest BCUT2D eigenvalue weighted by Crippen LogP contribution is 2.42. The number of aromatic nitrogens is 2. The Morgan fingerprint density at radius 1 is 0.452 bits per heavy atom. The van der Waals surface area contributed by atoms with Gasteiger partial charge in [-0.05, 0) is 59.7 Å². The van der Waals surface area contributed by atoms with Gasteiger partial charge in [-0.15, -0.1) is 0 Å². The number of para-hydroxylation sites is 3. The van der Waals surface area contributed by atoms with E-state index in [9.17, 15) is 10.5 Å². The molecular weight excluding hydrogens is 512 g/mol. The first-order valence-electron chi connectivity index (χ1n) is 13.8. The molecule has 0 fully saturated rings.